The van der Waals surface area contributed by atoms with Crippen LogP contribution in [0.5, 0.6) is 0 Å². The van der Waals surface area contributed by atoms with Gasteiger partial charge < -0.3 is 0 Å². The molecule has 8 heteroatoms. The first-order valence-corrected chi connectivity index (χ1v) is 10.4. The Morgan fingerprint density at radius 1 is 1.08 bits per heavy atom. The molecule has 25 heavy (non-hydrogen) atoms. The lowest BCUT2D eigenvalue weighted by Crippen LogP contribution is -2.41. The molecule has 0 N–H and O–H groups in total. The van der Waals surface area contributed by atoms with Crippen LogP contribution in [0.15, 0.2) is 30.6 Å². The molecule has 0 amide bonds. The first-order chi connectivity index (χ1) is 12.0. The molecule has 0 spiro atoms. The number of aromatic nitrogens is 3. The summed E-state index contributed by atoms with van der Waals surface area (Å²) < 4.78 is 38.3. The van der Waals surface area contributed by atoms with Crippen molar-refractivity contribution in [3.8, 4) is 5.69 Å². The van der Waals surface area contributed by atoms with E-state index in [2.05, 4.69) is 15.0 Å². The van der Waals surface area contributed by atoms with Gasteiger partial charge in [-0.2, -0.15) is 5.10 Å². The van der Waals surface area contributed by atoms with E-state index in [0.717, 1.165) is 43.9 Å². The molecule has 2 aliphatic heterocycles. The van der Waals surface area contributed by atoms with Gasteiger partial charge in [-0.05, 0) is 56.6 Å². The van der Waals surface area contributed by atoms with Gasteiger partial charge in [0.1, 0.15) is 18.0 Å². The Labute approximate surface area is 146 Å². The lowest BCUT2D eigenvalue weighted by molar-refractivity contribution is 0.162. The van der Waals surface area contributed by atoms with E-state index in [1.165, 1.54) is 18.5 Å². The van der Waals surface area contributed by atoms with Crippen molar-refractivity contribution in [1.82, 2.24) is 19.7 Å². The molecule has 0 radical (unpaired) electrons. The highest BCUT2D eigenvalue weighted by Crippen LogP contribution is 2.30. The topological polar surface area (TPSA) is 68.1 Å². The van der Waals surface area contributed by atoms with Crippen LogP contribution in [0.25, 0.3) is 5.69 Å². The Bertz CT molecular complexity index is 842. The summed E-state index contributed by atoms with van der Waals surface area (Å²) in [5.41, 5.74) is 0.804. The number of likely N-dealkylation sites (tertiary alicyclic amines) is 1. The third-order valence-corrected chi connectivity index (χ3v) is 7.02. The number of hydrogen-bond acceptors (Lipinski definition) is 5. The highest BCUT2D eigenvalue weighted by atomic mass is 32.2. The van der Waals surface area contributed by atoms with Gasteiger partial charge in [0.25, 0.3) is 0 Å². The van der Waals surface area contributed by atoms with Gasteiger partial charge in [-0.3, -0.25) is 4.90 Å². The molecule has 0 aliphatic carbocycles. The minimum absolute atomic E-state index is 0.168. The van der Waals surface area contributed by atoms with Gasteiger partial charge in [0.15, 0.2) is 9.84 Å². The summed E-state index contributed by atoms with van der Waals surface area (Å²) >= 11 is 0. The third kappa shape index (κ3) is 3.46. The van der Waals surface area contributed by atoms with Gasteiger partial charge in [0.05, 0.1) is 17.2 Å². The van der Waals surface area contributed by atoms with Crippen molar-refractivity contribution in [2.24, 2.45) is 0 Å². The molecule has 2 aliphatic rings. The molecule has 0 bridgehead atoms. The Balaban J connectivity index is 1.45. The summed E-state index contributed by atoms with van der Waals surface area (Å²) in [7, 11) is -2.85. The molecule has 0 unspecified atom stereocenters. The second-order valence-corrected chi connectivity index (χ2v) is 9.10. The summed E-state index contributed by atoms with van der Waals surface area (Å²) in [6, 6.07) is 6.41. The molecule has 1 atom stereocenters. The number of piperidine rings is 1. The SMILES string of the molecule is O=S1(=O)CC[C@H](N2CCC(c3ncnn3-c3ccc(F)cc3)CC2)C1. The van der Waals surface area contributed by atoms with E-state index < -0.39 is 9.84 Å². The van der Waals surface area contributed by atoms with Gasteiger partial charge in [-0.15, -0.1) is 0 Å². The zero-order valence-electron chi connectivity index (χ0n) is 13.9. The molecule has 6 nitrogen and oxygen atoms in total. The van der Waals surface area contributed by atoms with E-state index in [4.69, 9.17) is 0 Å². The van der Waals surface area contributed by atoms with E-state index in [0.29, 0.717) is 11.5 Å². The summed E-state index contributed by atoms with van der Waals surface area (Å²) in [6.45, 7) is 1.75. The molecule has 134 valence electrons. The first kappa shape index (κ1) is 16.7. The summed E-state index contributed by atoms with van der Waals surface area (Å²) in [5.74, 6) is 1.51. The van der Waals surface area contributed by atoms with Crippen molar-refractivity contribution in [3.63, 3.8) is 0 Å². The second kappa shape index (κ2) is 6.49. The largest absolute Gasteiger partial charge is 0.299 e. The fourth-order valence-corrected chi connectivity index (χ4v) is 5.66. The van der Waals surface area contributed by atoms with Gasteiger partial charge in [-0.25, -0.2) is 22.5 Å². The fraction of sp³-hybridized carbons (Fsp3) is 0.529. The van der Waals surface area contributed by atoms with Crippen molar-refractivity contribution in [3.05, 3.63) is 42.2 Å². The number of benzene rings is 1. The van der Waals surface area contributed by atoms with Crippen LogP contribution < -0.4 is 0 Å². The minimum atomic E-state index is -2.85. The normalized spacial score (nSPS) is 24.6. The molecule has 2 fully saturated rings. The smallest absolute Gasteiger partial charge is 0.151 e. The lowest BCUT2D eigenvalue weighted by atomic mass is 9.94. The second-order valence-electron chi connectivity index (χ2n) is 6.87. The predicted octanol–water partition coefficient (Wildman–Crippen LogP) is 1.77. The lowest BCUT2D eigenvalue weighted by Gasteiger charge is -2.35. The molecule has 2 saturated heterocycles. The van der Waals surface area contributed by atoms with Crippen molar-refractivity contribution < 1.29 is 12.8 Å². The van der Waals surface area contributed by atoms with Crippen LogP contribution in [0.1, 0.15) is 31.0 Å². The molecular weight excluding hydrogens is 343 g/mol. The summed E-state index contributed by atoms with van der Waals surface area (Å²) in [5, 5.41) is 4.30. The van der Waals surface area contributed by atoms with Gasteiger partial charge in [0.2, 0.25) is 0 Å². The highest BCUT2D eigenvalue weighted by Gasteiger charge is 2.35. The first-order valence-electron chi connectivity index (χ1n) is 8.62. The van der Waals surface area contributed by atoms with Crippen LogP contribution in [0.2, 0.25) is 0 Å². The maximum absolute atomic E-state index is 13.1. The fourth-order valence-electron chi connectivity index (χ4n) is 3.90. The summed E-state index contributed by atoms with van der Waals surface area (Å²) in [6.07, 6.45) is 4.14. The van der Waals surface area contributed by atoms with Gasteiger partial charge in [-0.1, -0.05) is 0 Å². The Kier molecular flexibility index (Phi) is 4.33. The minimum Gasteiger partial charge on any atom is -0.299 e. The molecule has 2 aromatic rings. The van der Waals surface area contributed by atoms with E-state index in [-0.39, 0.29) is 17.8 Å². The van der Waals surface area contributed by atoms with Crippen molar-refractivity contribution in [2.75, 3.05) is 24.6 Å². The van der Waals surface area contributed by atoms with Gasteiger partial charge >= 0.3 is 0 Å². The molecule has 4 rings (SSSR count). The standard InChI is InChI=1S/C17H21FN4O2S/c18-14-1-3-15(4-2-14)22-17(19-12-20-22)13-5-8-21(9-6-13)16-7-10-25(23,24)11-16/h1-4,12-13,16H,5-11H2/t16-/m0/s1. The Hall–Kier alpha value is -1.80. The molecule has 1 aromatic heterocycles. The van der Waals surface area contributed by atoms with Crippen molar-refractivity contribution in [1.29, 1.82) is 0 Å². The number of sulfone groups is 1. The van der Waals surface area contributed by atoms with E-state index in [1.807, 2.05) is 0 Å². The quantitative estimate of drug-likeness (QED) is 0.830. The molecule has 1 aromatic carbocycles. The monoisotopic (exact) mass is 364 g/mol. The molecule has 0 saturated carbocycles. The molecular formula is C17H21FN4O2S. The number of rotatable bonds is 3. The summed E-state index contributed by atoms with van der Waals surface area (Å²) in [4.78, 5) is 6.73. The van der Waals surface area contributed by atoms with E-state index in [9.17, 15) is 12.8 Å². The zero-order valence-corrected chi connectivity index (χ0v) is 14.7. The third-order valence-electron chi connectivity index (χ3n) is 5.26. The van der Waals surface area contributed by atoms with Crippen LogP contribution in [-0.2, 0) is 9.84 Å². The predicted molar refractivity (Wildman–Crippen MR) is 91.9 cm³/mol. The average Bonchev–Trinajstić information content (AvgIpc) is 3.22. The van der Waals surface area contributed by atoms with Crippen molar-refractivity contribution >= 4 is 9.84 Å². The van der Waals surface area contributed by atoms with Crippen LogP contribution in [-0.4, -0.2) is 58.7 Å². The van der Waals surface area contributed by atoms with Crippen LogP contribution in [0.3, 0.4) is 0 Å². The van der Waals surface area contributed by atoms with Crippen LogP contribution >= 0.6 is 0 Å². The van der Waals surface area contributed by atoms with E-state index >= 15 is 0 Å². The molecule has 3 heterocycles. The maximum atomic E-state index is 13.1. The van der Waals surface area contributed by atoms with Crippen molar-refractivity contribution in [2.45, 2.75) is 31.2 Å². The van der Waals surface area contributed by atoms with E-state index in [1.54, 1.807) is 16.8 Å². The Morgan fingerprint density at radius 3 is 2.44 bits per heavy atom. The number of hydrogen-bond donors (Lipinski definition) is 0. The maximum Gasteiger partial charge on any atom is 0.151 e. The van der Waals surface area contributed by atoms with Crippen LogP contribution in [0.4, 0.5) is 4.39 Å². The van der Waals surface area contributed by atoms with Gasteiger partial charge in [0, 0.05) is 12.0 Å². The Morgan fingerprint density at radius 2 is 1.80 bits per heavy atom. The number of halogens is 1. The highest BCUT2D eigenvalue weighted by molar-refractivity contribution is 7.91. The number of nitrogens with zero attached hydrogens (tertiary/aromatic N) is 4. The average molecular weight is 364 g/mol. The van der Waals surface area contributed by atoms with Crippen LogP contribution in [0, 0.1) is 5.82 Å². The zero-order chi connectivity index (χ0) is 17.4.